The summed E-state index contributed by atoms with van der Waals surface area (Å²) in [6.45, 7) is 5.81. The Kier molecular flexibility index (Phi) is 5.30. The second-order valence-electron chi connectivity index (χ2n) is 2.26. The van der Waals surface area contributed by atoms with Crippen LogP contribution >= 0.6 is 0 Å². The lowest BCUT2D eigenvalue weighted by Gasteiger charge is -2.02. The van der Waals surface area contributed by atoms with Gasteiger partial charge < -0.3 is 0 Å². The highest BCUT2D eigenvalue weighted by atomic mass is 14.3. The van der Waals surface area contributed by atoms with Gasteiger partial charge in [-0.15, -0.1) is 0 Å². The fourth-order valence-corrected chi connectivity index (χ4v) is 0.868. The Morgan fingerprint density at radius 2 is 2.22 bits per heavy atom. The van der Waals surface area contributed by atoms with Crippen molar-refractivity contribution in [1.29, 1.82) is 5.26 Å². The van der Waals surface area contributed by atoms with Crippen LogP contribution in [0.1, 0.15) is 32.6 Å². The van der Waals surface area contributed by atoms with Crippen LogP contribution in [0, 0.1) is 24.2 Å². The van der Waals surface area contributed by atoms with Crippen molar-refractivity contribution in [3.8, 4) is 6.07 Å². The number of hydrogen-bond acceptors (Lipinski definition) is 1. The standard InChI is InChI=1S/C8H14N/c1-3-5-8(7-9)6-4-2/h8H,1,3-6H2,2H3. The maximum atomic E-state index is 8.51. The maximum Gasteiger partial charge on any atom is 0.0655 e. The minimum Gasteiger partial charge on any atom is -0.198 e. The molecule has 0 aromatic rings. The molecule has 0 fully saturated rings. The summed E-state index contributed by atoms with van der Waals surface area (Å²) in [5, 5.41) is 8.51. The first-order valence-corrected chi connectivity index (χ1v) is 3.54. The maximum absolute atomic E-state index is 8.51. The molecule has 0 aliphatic heterocycles. The second-order valence-corrected chi connectivity index (χ2v) is 2.26. The van der Waals surface area contributed by atoms with Gasteiger partial charge in [-0.05, 0) is 12.8 Å². The predicted molar refractivity (Wildman–Crippen MR) is 38.6 cm³/mol. The molecule has 0 saturated carbocycles. The number of nitrogens with zero attached hydrogens (tertiary/aromatic N) is 1. The molecule has 0 aliphatic carbocycles. The van der Waals surface area contributed by atoms with Crippen LogP contribution in [0.25, 0.3) is 0 Å². The van der Waals surface area contributed by atoms with Gasteiger partial charge in [-0.2, -0.15) is 5.26 Å². The van der Waals surface area contributed by atoms with Crippen LogP contribution in [0.5, 0.6) is 0 Å². The van der Waals surface area contributed by atoms with E-state index in [1.807, 2.05) is 0 Å². The summed E-state index contributed by atoms with van der Waals surface area (Å²) in [6, 6.07) is 2.26. The fourth-order valence-electron chi connectivity index (χ4n) is 0.868. The monoisotopic (exact) mass is 124 g/mol. The first kappa shape index (κ1) is 8.49. The van der Waals surface area contributed by atoms with Crippen LogP contribution in [0.4, 0.5) is 0 Å². The highest BCUT2D eigenvalue weighted by Gasteiger charge is 2.02. The Labute approximate surface area is 57.7 Å². The van der Waals surface area contributed by atoms with E-state index in [-0.39, 0.29) is 5.92 Å². The van der Waals surface area contributed by atoms with Gasteiger partial charge in [0.15, 0.2) is 0 Å². The molecule has 51 valence electrons. The lowest BCUT2D eigenvalue weighted by Crippen LogP contribution is -1.94. The van der Waals surface area contributed by atoms with Gasteiger partial charge in [0.05, 0.1) is 6.07 Å². The summed E-state index contributed by atoms with van der Waals surface area (Å²) in [5.74, 6) is 0.257. The minimum absolute atomic E-state index is 0.257. The molecule has 0 heterocycles. The summed E-state index contributed by atoms with van der Waals surface area (Å²) < 4.78 is 0. The predicted octanol–water partition coefficient (Wildman–Crippen LogP) is 2.54. The first-order chi connectivity index (χ1) is 4.35. The zero-order chi connectivity index (χ0) is 7.11. The highest BCUT2D eigenvalue weighted by Crippen LogP contribution is 2.10. The Morgan fingerprint density at radius 1 is 1.56 bits per heavy atom. The molecule has 1 nitrogen and oxygen atoms in total. The topological polar surface area (TPSA) is 23.8 Å². The Balaban J connectivity index is 3.32. The second kappa shape index (κ2) is 5.62. The fraction of sp³-hybridized carbons (Fsp3) is 0.750. The molecule has 0 N–H and O–H groups in total. The van der Waals surface area contributed by atoms with Crippen LogP contribution in [0.15, 0.2) is 0 Å². The lowest BCUT2D eigenvalue weighted by atomic mass is 10.0. The van der Waals surface area contributed by atoms with Crippen molar-refractivity contribution >= 4 is 0 Å². The molecule has 1 atom stereocenters. The van der Waals surface area contributed by atoms with Crippen LogP contribution < -0.4 is 0 Å². The lowest BCUT2D eigenvalue weighted by molar-refractivity contribution is 0.552. The Hall–Kier alpha value is -0.510. The summed E-state index contributed by atoms with van der Waals surface area (Å²) in [5.41, 5.74) is 0. The van der Waals surface area contributed by atoms with Crippen molar-refractivity contribution in [3.63, 3.8) is 0 Å². The highest BCUT2D eigenvalue weighted by molar-refractivity contribution is 4.81. The molecule has 0 aliphatic rings. The summed E-state index contributed by atoms with van der Waals surface area (Å²) in [4.78, 5) is 0. The van der Waals surface area contributed by atoms with Crippen molar-refractivity contribution < 1.29 is 0 Å². The van der Waals surface area contributed by atoms with Gasteiger partial charge in [0.2, 0.25) is 0 Å². The van der Waals surface area contributed by atoms with Gasteiger partial charge in [0.25, 0.3) is 0 Å². The van der Waals surface area contributed by atoms with Crippen LogP contribution in [0.2, 0.25) is 0 Å². The number of nitriles is 1. The smallest absolute Gasteiger partial charge is 0.0655 e. The van der Waals surface area contributed by atoms with Crippen LogP contribution in [0.3, 0.4) is 0 Å². The minimum atomic E-state index is 0.257. The van der Waals surface area contributed by atoms with Gasteiger partial charge in [0, 0.05) is 5.92 Å². The van der Waals surface area contributed by atoms with Crippen molar-refractivity contribution in [2.45, 2.75) is 32.6 Å². The van der Waals surface area contributed by atoms with E-state index in [4.69, 9.17) is 5.26 Å². The molecule has 1 radical (unpaired) electrons. The molecule has 0 spiro atoms. The zero-order valence-corrected chi connectivity index (χ0v) is 6.06. The van der Waals surface area contributed by atoms with Gasteiger partial charge in [-0.3, -0.25) is 0 Å². The summed E-state index contributed by atoms with van der Waals surface area (Å²) in [7, 11) is 0. The molecule has 0 aromatic heterocycles. The molecular weight excluding hydrogens is 110 g/mol. The third-order valence-corrected chi connectivity index (χ3v) is 1.37. The van der Waals surface area contributed by atoms with Gasteiger partial charge in [0.1, 0.15) is 0 Å². The molecule has 1 unspecified atom stereocenters. The van der Waals surface area contributed by atoms with Gasteiger partial charge in [-0.25, -0.2) is 0 Å². The van der Waals surface area contributed by atoms with Crippen molar-refractivity contribution in [3.05, 3.63) is 6.92 Å². The average Bonchev–Trinajstić information content (AvgIpc) is 1.88. The molecule has 0 saturated heterocycles. The van der Waals surface area contributed by atoms with Crippen molar-refractivity contribution in [2.75, 3.05) is 0 Å². The van der Waals surface area contributed by atoms with Gasteiger partial charge >= 0.3 is 0 Å². The summed E-state index contributed by atoms with van der Waals surface area (Å²) in [6.07, 6.45) is 3.99. The molecular formula is C8H14N. The SMILES string of the molecule is [CH2]CCC(C#N)CCC. The van der Waals surface area contributed by atoms with E-state index in [1.54, 1.807) is 0 Å². The van der Waals surface area contributed by atoms with Crippen LogP contribution in [-0.4, -0.2) is 0 Å². The van der Waals surface area contributed by atoms with E-state index in [0.717, 1.165) is 25.7 Å². The first-order valence-electron chi connectivity index (χ1n) is 3.54. The number of rotatable bonds is 4. The Bertz CT molecular complexity index is 85.2. The summed E-state index contributed by atoms with van der Waals surface area (Å²) >= 11 is 0. The van der Waals surface area contributed by atoms with E-state index in [0.29, 0.717) is 0 Å². The molecule has 0 amide bonds. The van der Waals surface area contributed by atoms with Crippen molar-refractivity contribution in [1.82, 2.24) is 0 Å². The largest absolute Gasteiger partial charge is 0.198 e. The normalized spacial score (nSPS) is 9.56. The van der Waals surface area contributed by atoms with Gasteiger partial charge in [-0.1, -0.05) is 26.7 Å². The van der Waals surface area contributed by atoms with E-state index in [1.165, 1.54) is 0 Å². The molecule has 0 bridgehead atoms. The third kappa shape index (κ3) is 4.02. The quantitative estimate of drug-likeness (QED) is 0.565. The molecule has 0 rings (SSSR count). The van der Waals surface area contributed by atoms with E-state index < -0.39 is 0 Å². The zero-order valence-electron chi connectivity index (χ0n) is 6.06. The number of hydrogen-bond donors (Lipinski definition) is 0. The Morgan fingerprint density at radius 3 is 2.56 bits per heavy atom. The van der Waals surface area contributed by atoms with E-state index in [9.17, 15) is 0 Å². The van der Waals surface area contributed by atoms with E-state index in [2.05, 4.69) is 19.9 Å². The van der Waals surface area contributed by atoms with Crippen LogP contribution in [-0.2, 0) is 0 Å². The third-order valence-electron chi connectivity index (χ3n) is 1.37. The molecule has 9 heavy (non-hydrogen) atoms. The molecule has 0 aromatic carbocycles. The average molecular weight is 124 g/mol. The van der Waals surface area contributed by atoms with Crippen molar-refractivity contribution in [2.24, 2.45) is 5.92 Å². The van der Waals surface area contributed by atoms with E-state index >= 15 is 0 Å². The molecule has 1 heteroatoms.